The average molecular weight is 475 g/mol. The molecule has 0 spiro atoms. The first-order valence-electron chi connectivity index (χ1n) is 11.7. The Morgan fingerprint density at radius 3 is 2.66 bits per heavy atom. The van der Waals surface area contributed by atoms with E-state index in [4.69, 9.17) is 23.4 Å². The van der Waals surface area contributed by atoms with Gasteiger partial charge in [-0.2, -0.15) is 5.10 Å². The van der Waals surface area contributed by atoms with Gasteiger partial charge in [0, 0.05) is 5.92 Å². The summed E-state index contributed by atoms with van der Waals surface area (Å²) in [5.41, 5.74) is 1.87. The van der Waals surface area contributed by atoms with Crippen LogP contribution in [0.5, 0.6) is 5.75 Å². The number of allylic oxidation sites excluding steroid dienone is 1. The summed E-state index contributed by atoms with van der Waals surface area (Å²) in [5.74, 6) is 0.867. The minimum Gasteiger partial charge on any atom is -0.479 e. The Morgan fingerprint density at radius 1 is 1.11 bits per heavy atom. The van der Waals surface area contributed by atoms with E-state index in [1.165, 1.54) is 5.01 Å². The van der Waals surface area contributed by atoms with E-state index in [9.17, 15) is 9.59 Å². The van der Waals surface area contributed by atoms with Crippen molar-refractivity contribution in [3.63, 3.8) is 0 Å². The Kier molecular flexibility index (Phi) is 6.52. The number of hydrogen-bond acceptors (Lipinski definition) is 7. The average Bonchev–Trinajstić information content (AvgIpc) is 3.64. The summed E-state index contributed by atoms with van der Waals surface area (Å²) in [6.45, 7) is 1.14. The third-order valence-corrected chi connectivity index (χ3v) is 6.18. The Morgan fingerprint density at radius 2 is 1.91 bits per heavy atom. The summed E-state index contributed by atoms with van der Waals surface area (Å²) < 4.78 is 22.1. The van der Waals surface area contributed by atoms with Gasteiger partial charge in [-0.3, -0.25) is 4.79 Å². The molecule has 0 radical (unpaired) electrons. The minimum absolute atomic E-state index is 0.0175. The van der Waals surface area contributed by atoms with Crippen LogP contribution in [-0.4, -0.2) is 35.3 Å². The monoisotopic (exact) mass is 474 g/mol. The molecule has 8 nitrogen and oxygen atoms in total. The molecule has 8 heteroatoms. The maximum atomic E-state index is 13.2. The number of esters is 1. The van der Waals surface area contributed by atoms with E-state index in [2.05, 4.69) is 0 Å². The van der Waals surface area contributed by atoms with Crippen LogP contribution < -0.4 is 4.74 Å². The van der Waals surface area contributed by atoms with Crippen molar-refractivity contribution in [3.8, 4) is 5.75 Å². The summed E-state index contributed by atoms with van der Waals surface area (Å²) in [4.78, 5) is 25.7. The molecule has 1 saturated carbocycles. The van der Waals surface area contributed by atoms with E-state index in [1.807, 2.05) is 42.5 Å². The molecule has 3 unspecified atom stereocenters. The Hall–Kier alpha value is -4.07. The van der Waals surface area contributed by atoms with Crippen molar-refractivity contribution >= 4 is 23.7 Å². The van der Waals surface area contributed by atoms with Crippen molar-refractivity contribution in [1.29, 1.82) is 0 Å². The number of amides is 1. The molecule has 5 rings (SSSR count). The number of furan rings is 2. The van der Waals surface area contributed by atoms with Gasteiger partial charge in [0.1, 0.15) is 23.3 Å². The molecule has 1 amide bonds. The zero-order chi connectivity index (χ0) is 24.2. The minimum atomic E-state index is -0.860. The maximum absolute atomic E-state index is 13.2. The fourth-order valence-corrected chi connectivity index (χ4v) is 4.56. The van der Waals surface area contributed by atoms with Gasteiger partial charge in [0.2, 0.25) is 0 Å². The van der Waals surface area contributed by atoms with E-state index in [1.54, 1.807) is 37.6 Å². The van der Waals surface area contributed by atoms with Crippen molar-refractivity contribution in [2.45, 2.75) is 38.3 Å². The van der Waals surface area contributed by atoms with Crippen molar-refractivity contribution < 1.29 is 27.9 Å². The van der Waals surface area contributed by atoms with Gasteiger partial charge in [-0.15, -0.1) is 0 Å². The molecule has 3 atom stereocenters. The van der Waals surface area contributed by atoms with Crippen molar-refractivity contribution in [1.82, 2.24) is 5.01 Å². The zero-order valence-corrected chi connectivity index (χ0v) is 19.3. The van der Waals surface area contributed by atoms with Crippen LogP contribution in [0.25, 0.3) is 6.08 Å². The number of rotatable bonds is 7. The largest absolute Gasteiger partial charge is 0.479 e. The highest BCUT2D eigenvalue weighted by molar-refractivity contribution is 6.08. The number of nitrogens with zero attached hydrogens (tertiary/aromatic N) is 2. The number of benzene rings is 1. The standard InChI is InChI=1S/C27H26N2O6/c1-18(35-20-9-3-2-4-10-20)27(31)34-17-24(30)29-26(23-13-7-15-33-23)22-12-5-8-19(25(22)28-29)16-21-11-6-14-32-21/h2-4,6-7,9-11,13-16,18,22,26H,5,8,12,17H2,1H3. The van der Waals surface area contributed by atoms with Crippen LogP contribution in [0.4, 0.5) is 0 Å². The third kappa shape index (κ3) is 4.91. The predicted octanol–water partition coefficient (Wildman–Crippen LogP) is 5.01. The maximum Gasteiger partial charge on any atom is 0.347 e. The highest BCUT2D eigenvalue weighted by Gasteiger charge is 2.45. The lowest BCUT2D eigenvalue weighted by molar-refractivity contribution is -0.158. The summed E-state index contributed by atoms with van der Waals surface area (Å²) in [7, 11) is 0. The first-order chi connectivity index (χ1) is 17.1. The number of fused-ring (bicyclic) bond motifs is 1. The molecule has 0 saturated heterocycles. The second-order valence-electron chi connectivity index (χ2n) is 8.55. The Balaban J connectivity index is 1.32. The van der Waals surface area contributed by atoms with Gasteiger partial charge in [-0.25, -0.2) is 9.80 Å². The number of carbonyl (C=O) groups excluding carboxylic acids is 2. The van der Waals surface area contributed by atoms with Gasteiger partial charge in [0.05, 0.1) is 18.2 Å². The number of para-hydroxylation sites is 1. The molecular formula is C27H26N2O6. The van der Waals surface area contributed by atoms with Crippen molar-refractivity contribution in [2.24, 2.45) is 11.0 Å². The van der Waals surface area contributed by atoms with Gasteiger partial charge in [0.25, 0.3) is 5.91 Å². The number of hydrogen-bond donors (Lipinski definition) is 0. The Bertz CT molecular complexity index is 1210. The molecule has 3 heterocycles. The fraction of sp³-hybridized carbons (Fsp3) is 0.296. The molecule has 2 aromatic heterocycles. The highest BCUT2D eigenvalue weighted by Crippen LogP contribution is 2.44. The SMILES string of the molecule is CC(Oc1ccccc1)C(=O)OCC(=O)N1N=C2C(=Cc3ccco3)CCCC2C1c1ccco1. The van der Waals surface area contributed by atoms with Gasteiger partial charge >= 0.3 is 5.97 Å². The molecule has 1 aliphatic carbocycles. The van der Waals surface area contributed by atoms with Crippen LogP contribution in [0.3, 0.4) is 0 Å². The molecule has 3 aromatic rings. The van der Waals surface area contributed by atoms with Crippen LogP contribution >= 0.6 is 0 Å². The van der Waals surface area contributed by atoms with Crippen LogP contribution in [0.2, 0.25) is 0 Å². The van der Waals surface area contributed by atoms with E-state index in [0.717, 1.165) is 36.3 Å². The van der Waals surface area contributed by atoms with E-state index < -0.39 is 30.6 Å². The first kappa shape index (κ1) is 22.7. The third-order valence-electron chi connectivity index (χ3n) is 6.18. The van der Waals surface area contributed by atoms with E-state index in [0.29, 0.717) is 11.5 Å². The first-order valence-corrected chi connectivity index (χ1v) is 11.7. The Labute approximate surface area is 202 Å². The van der Waals surface area contributed by atoms with Crippen molar-refractivity contribution in [3.05, 3.63) is 84.2 Å². The van der Waals surface area contributed by atoms with Gasteiger partial charge in [0.15, 0.2) is 12.7 Å². The number of ether oxygens (including phenoxy) is 2. The molecule has 0 N–H and O–H groups in total. The molecule has 0 bridgehead atoms. The number of hydrazone groups is 1. The van der Waals surface area contributed by atoms with E-state index >= 15 is 0 Å². The molecule has 1 fully saturated rings. The molecule has 180 valence electrons. The van der Waals surface area contributed by atoms with Crippen LogP contribution in [0.15, 0.2) is 86.6 Å². The topological polar surface area (TPSA) is 94.5 Å². The number of carbonyl (C=O) groups is 2. The van der Waals surface area contributed by atoms with Crippen LogP contribution in [-0.2, 0) is 14.3 Å². The summed E-state index contributed by atoms with van der Waals surface area (Å²) in [6.07, 6.45) is 6.99. The van der Waals surface area contributed by atoms with Gasteiger partial charge < -0.3 is 18.3 Å². The second-order valence-corrected chi connectivity index (χ2v) is 8.55. The van der Waals surface area contributed by atoms with E-state index in [-0.39, 0.29) is 5.92 Å². The summed E-state index contributed by atoms with van der Waals surface area (Å²) in [5, 5.41) is 6.11. The lowest BCUT2D eigenvalue weighted by Gasteiger charge is -2.27. The lowest BCUT2D eigenvalue weighted by Crippen LogP contribution is -2.36. The molecule has 1 aromatic carbocycles. The quantitative estimate of drug-likeness (QED) is 0.447. The second kappa shape index (κ2) is 10.0. The summed E-state index contributed by atoms with van der Waals surface area (Å²) in [6, 6.07) is 15.9. The highest BCUT2D eigenvalue weighted by atomic mass is 16.6. The molecule has 2 aliphatic rings. The van der Waals surface area contributed by atoms with Crippen molar-refractivity contribution in [2.75, 3.05) is 6.61 Å². The van der Waals surface area contributed by atoms with Crippen LogP contribution in [0.1, 0.15) is 43.7 Å². The predicted molar refractivity (Wildman–Crippen MR) is 127 cm³/mol. The zero-order valence-electron chi connectivity index (χ0n) is 19.3. The normalized spacial score (nSPS) is 21.3. The molecule has 35 heavy (non-hydrogen) atoms. The molecular weight excluding hydrogens is 448 g/mol. The van der Waals surface area contributed by atoms with Gasteiger partial charge in [-0.1, -0.05) is 18.2 Å². The lowest BCUT2D eigenvalue weighted by atomic mass is 9.79. The summed E-state index contributed by atoms with van der Waals surface area (Å²) >= 11 is 0. The smallest absolute Gasteiger partial charge is 0.347 e. The van der Waals surface area contributed by atoms with Gasteiger partial charge in [-0.05, 0) is 74.2 Å². The fourth-order valence-electron chi connectivity index (χ4n) is 4.56. The molecule has 1 aliphatic heterocycles. The van der Waals surface area contributed by atoms with Crippen LogP contribution in [0, 0.1) is 5.92 Å².